The number of anilines is 2. The first-order chi connectivity index (χ1) is 15.0. The first-order valence-corrected chi connectivity index (χ1v) is 11.5. The molecule has 1 aromatic carbocycles. The Morgan fingerprint density at radius 1 is 1.19 bits per heavy atom. The van der Waals surface area contributed by atoms with Gasteiger partial charge in [-0.1, -0.05) is 18.9 Å². The number of hydrogen-bond acceptors (Lipinski definition) is 6. The number of nitrogens with one attached hydrogen (secondary N) is 1. The summed E-state index contributed by atoms with van der Waals surface area (Å²) in [6.07, 6.45) is 5.88. The highest BCUT2D eigenvalue weighted by Gasteiger charge is 2.32. The molecule has 1 aliphatic heterocycles. The molecule has 1 saturated carbocycles. The quantitative estimate of drug-likeness (QED) is 0.629. The predicted molar refractivity (Wildman–Crippen MR) is 120 cm³/mol. The van der Waals surface area contributed by atoms with Crippen LogP contribution in [0.2, 0.25) is 0 Å². The van der Waals surface area contributed by atoms with Crippen LogP contribution in [0.25, 0.3) is 11.3 Å². The van der Waals surface area contributed by atoms with Crippen LogP contribution in [0.15, 0.2) is 28.0 Å². The van der Waals surface area contributed by atoms with Gasteiger partial charge in [0, 0.05) is 36.0 Å². The van der Waals surface area contributed by atoms with Gasteiger partial charge in [-0.3, -0.25) is 14.9 Å². The van der Waals surface area contributed by atoms with Crippen molar-refractivity contribution in [3.8, 4) is 11.3 Å². The number of thiazole rings is 1. The molecule has 1 fully saturated rings. The lowest BCUT2D eigenvalue weighted by Crippen LogP contribution is -2.42. The molecule has 160 valence electrons. The van der Waals surface area contributed by atoms with E-state index in [9.17, 15) is 9.59 Å². The molecule has 2 aliphatic rings. The van der Waals surface area contributed by atoms with Crippen LogP contribution in [0.4, 0.5) is 10.8 Å². The van der Waals surface area contributed by atoms with Crippen molar-refractivity contribution in [3.63, 3.8) is 0 Å². The van der Waals surface area contributed by atoms with Gasteiger partial charge in [0.2, 0.25) is 11.7 Å². The van der Waals surface area contributed by atoms with Crippen LogP contribution in [-0.2, 0) is 11.2 Å². The molecule has 7 nitrogen and oxygen atoms in total. The van der Waals surface area contributed by atoms with Gasteiger partial charge < -0.3 is 9.32 Å². The Hall–Kier alpha value is -3.00. The summed E-state index contributed by atoms with van der Waals surface area (Å²) < 4.78 is 5.38. The van der Waals surface area contributed by atoms with Crippen molar-refractivity contribution in [3.05, 3.63) is 46.5 Å². The average Bonchev–Trinajstić information content (AvgIpc) is 3.49. The largest absolute Gasteiger partial charge is 0.436 e. The van der Waals surface area contributed by atoms with E-state index in [1.165, 1.54) is 29.7 Å². The van der Waals surface area contributed by atoms with E-state index < -0.39 is 0 Å². The summed E-state index contributed by atoms with van der Waals surface area (Å²) >= 11 is 1.37. The lowest BCUT2D eigenvalue weighted by Gasteiger charge is -2.34. The zero-order valence-corrected chi connectivity index (χ0v) is 18.4. The molecule has 0 unspecified atom stereocenters. The number of carbonyl (C=O) groups excluding carboxylic acids is 2. The van der Waals surface area contributed by atoms with Crippen molar-refractivity contribution in [1.82, 2.24) is 9.97 Å². The van der Waals surface area contributed by atoms with Crippen LogP contribution in [0.5, 0.6) is 0 Å². The molecule has 3 heterocycles. The number of aryl methyl sites for hydroxylation is 3. The molecule has 3 aromatic rings. The maximum absolute atomic E-state index is 12.6. The highest BCUT2D eigenvalue weighted by molar-refractivity contribution is 7.14. The minimum Gasteiger partial charge on any atom is -0.436 e. The van der Waals surface area contributed by atoms with Crippen molar-refractivity contribution in [2.75, 3.05) is 10.2 Å². The van der Waals surface area contributed by atoms with Gasteiger partial charge in [0.05, 0.1) is 11.4 Å². The van der Waals surface area contributed by atoms with Crippen molar-refractivity contribution in [1.29, 1.82) is 0 Å². The van der Waals surface area contributed by atoms with Crippen molar-refractivity contribution in [2.45, 2.75) is 58.4 Å². The molecule has 0 atom stereocenters. The Bertz CT molecular complexity index is 1160. The van der Waals surface area contributed by atoms with Crippen molar-refractivity contribution in [2.24, 2.45) is 0 Å². The van der Waals surface area contributed by atoms with E-state index in [1.54, 1.807) is 13.8 Å². The number of benzene rings is 1. The second-order valence-corrected chi connectivity index (χ2v) is 9.04. The van der Waals surface area contributed by atoms with E-state index in [2.05, 4.69) is 27.4 Å². The standard InChI is InChI=1S/C23H24N4O3S/c1-13-21(30-14(2)24-13)22(29)26-23-25-18(12-31-23)15-7-9-19-16(11-15)8-10-20(28)27(19)17-5-3-4-6-17/h7,9,11-12,17H,3-6,8,10H2,1-2H3,(H,25,26,29). The number of amides is 2. The smallest absolute Gasteiger partial charge is 0.295 e. The molecule has 2 amide bonds. The molecule has 0 saturated heterocycles. The Labute approximate surface area is 184 Å². The fourth-order valence-electron chi connectivity index (χ4n) is 4.60. The van der Waals surface area contributed by atoms with Crippen LogP contribution in [0, 0.1) is 13.8 Å². The number of carbonyl (C=O) groups is 2. The zero-order chi connectivity index (χ0) is 21.5. The predicted octanol–water partition coefficient (Wildman–Crippen LogP) is 4.89. The maximum atomic E-state index is 12.6. The van der Waals surface area contributed by atoms with Crippen LogP contribution >= 0.6 is 11.3 Å². The molecular formula is C23H24N4O3S. The van der Waals surface area contributed by atoms with E-state index in [4.69, 9.17) is 4.42 Å². The molecule has 2 aromatic heterocycles. The Kier molecular flexibility index (Phi) is 5.09. The van der Waals surface area contributed by atoms with Gasteiger partial charge >= 0.3 is 0 Å². The van der Waals surface area contributed by atoms with E-state index in [-0.39, 0.29) is 17.6 Å². The minimum absolute atomic E-state index is 0.208. The highest BCUT2D eigenvalue weighted by atomic mass is 32.1. The average molecular weight is 437 g/mol. The van der Waals surface area contributed by atoms with E-state index in [0.29, 0.717) is 29.2 Å². The van der Waals surface area contributed by atoms with Crippen molar-refractivity contribution >= 4 is 34.0 Å². The number of hydrogen-bond donors (Lipinski definition) is 1. The molecule has 0 radical (unpaired) electrons. The van der Waals surface area contributed by atoms with Crippen LogP contribution in [0.3, 0.4) is 0 Å². The normalized spacial score (nSPS) is 16.6. The van der Waals surface area contributed by atoms with Gasteiger partial charge in [0.25, 0.3) is 5.91 Å². The van der Waals surface area contributed by atoms with Gasteiger partial charge in [-0.15, -0.1) is 11.3 Å². The molecule has 8 heteroatoms. The molecular weight excluding hydrogens is 412 g/mol. The molecule has 0 bridgehead atoms. The number of fused-ring (bicyclic) bond motifs is 1. The highest BCUT2D eigenvalue weighted by Crippen LogP contribution is 2.37. The minimum atomic E-state index is -0.352. The van der Waals surface area contributed by atoms with Gasteiger partial charge in [-0.05, 0) is 43.9 Å². The Balaban J connectivity index is 1.37. The third-order valence-electron chi connectivity index (χ3n) is 6.04. The molecule has 0 spiro atoms. The molecule has 1 aliphatic carbocycles. The summed E-state index contributed by atoms with van der Waals surface area (Å²) in [6, 6.07) is 6.54. The van der Waals surface area contributed by atoms with E-state index >= 15 is 0 Å². The summed E-state index contributed by atoms with van der Waals surface area (Å²) in [6.45, 7) is 3.45. The number of aromatic nitrogens is 2. The lowest BCUT2D eigenvalue weighted by atomic mass is 9.96. The van der Waals surface area contributed by atoms with E-state index in [0.717, 1.165) is 36.2 Å². The summed E-state index contributed by atoms with van der Waals surface area (Å²) in [4.78, 5) is 35.8. The van der Waals surface area contributed by atoms with E-state index in [1.807, 2.05) is 16.3 Å². The first-order valence-electron chi connectivity index (χ1n) is 10.7. The van der Waals surface area contributed by atoms with Gasteiger partial charge in [0.1, 0.15) is 0 Å². The fraction of sp³-hybridized carbons (Fsp3) is 0.391. The molecule has 5 rings (SSSR count). The Morgan fingerprint density at radius 2 is 2.00 bits per heavy atom. The summed E-state index contributed by atoms with van der Waals surface area (Å²) in [5, 5.41) is 5.23. The van der Waals surface area contributed by atoms with Gasteiger partial charge in [0.15, 0.2) is 11.0 Å². The van der Waals surface area contributed by atoms with Gasteiger partial charge in [-0.2, -0.15) is 0 Å². The van der Waals surface area contributed by atoms with Gasteiger partial charge in [-0.25, -0.2) is 9.97 Å². The second-order valence-electron chi connectivity index (χ2n) is 8.18. The van der Waals surface area contributed by atoms with Crippen molar-refractivity contribution < 1.29 is 14.0 Å². The molecule has 31 heavy (non-hydrogen) atoms. The Morgan fingerprint density at radius 3 is 2.74 bits per heavy atom. The monoisotopic (exact) mass is 436 g/mol. The topological polar surface area (TPSA) is 88.3 Å². The summed E-state index contributed by atoms with van der Waals surface area (Å²) in [7, 11) is 0. The number of nitrogens with zero attached hydrogens (tertiary/aromatic N) is 3. The second kappa shape index (κ2) is 7.92. The number of rotatable bonds is 4. The zero-order valence-electron chi connectivity index (χ0n) is 17.6. The third-order valence-corrected chi connectivity index (χ3v) is 6.79. The number of oxazole rings is 1. The first kappa shape index (κ1) is 19.9. The molecule has 1 N–H and O–H groups in total. The summed E-state index contributed by atoms with van der Waals surface area (Å²) in [5.41, 5.74) is 4.59. The van der Waals surface area contributed by atoms with Crippen LogP contribution < -0.4 is 10.2 Å². The third kappa shape index (κ3) is 3.76. The fourth-order valence-corrected chi connectivity index (χ4v) is 5.31. The maximum Gasteiger partial charge on any atom is 0.295 e. The lowest BCUT2D eigenvalue weighted by molar-refractivity contribution is -0.119. The SMILES string of the molecule is Cc1nc(C)c(C(=O)Nc2nc(-c3ccc4c(c3)CCC(=O)N4C3CCCC3)cs2)o1. The van der Waals surface area contributed by atoms with Crippen LogP contribution in [0.1, 0.15) is 59.8 Å². The summed E-state index contributed by atoms with van der Waals surface area (Å²) in [5.74, 6) is 0.556. The van der Waals surface area contributed by atoms with Crippen LogP contribution in [-0.4, -0.2) is 27.8 Å².